The highest BCUT2D eigenvalue weighted by Crippen LogP contribution is 2.28. The third-order valence-corrected chi connectivity index (χ3v) is 5.82. The number of H-pyrrole nitrogens is 1. The third kappa shape index (κ3) is 3.99. The number of nitrogens with zero attached hydrogens (tertiary/aromatic N) is 1. The van der Waals surface area contributed by atoms with Crippen molar-refractivity contribution in [3.8, 4) is 11.1 Å². The van der Waals surface area contributed by atoms with E-state index in [1.165, 1.54) is 5.56 Å². The molecule has 4 rings (SSSR count). The van der Waals surface area contributed by atoms with Crippen LogP contribution in [0.2, 0.25) is 0 Å². The molecule has 0 saturated heterocycles. The fourth-order valence-corrected chi connectivity index (χ4v) is 4.18. The van der Waals surface area contributed by atoms with Gasteiger partial charge >= 0.3 is 0 Å². The Balaban J connectivity index is 1.62. The third-order valence-electron chi connectivity index (χ3n) is 5.82. The highest BCUT2D eigenvalue weighted by molar-refractivity contribution is 5.94. The Labute approximate surface area is 170 Å². The highest BCUT2D eigenvalue weighted by atomic mass is 16.1. The van der Waals surface area contributed by atoms with Gasteiger partial charge in [0.15, 0.2) is 0 Å². The van der Waals surface area contributed by atoms with E-state index in [-0.39, 0.29) is 11.5 Å². The lowest BCUT2D eigenvalue weighted by Crippen LogP contribution is -2.23. The number of benzene rings is 2. The zero-order chi connectivity index (χ0) is 20.4. The van der Waals surface area contributed by atoms with Gasteiger partial charge in [-0.15, -0.1) is 0 Å². The summed E-state index contributed by atoms with van der Waals surface area (Å²) in [5.41, 5.74) is 12.2. The summed E-state index contributed by atoms with van der Waals surface area (Å²) in [5, 5.41) is 7.07. The van der Waals surface area contributed by atoms with Gasteiger partial charge in [-0.3, -0.25) is 9.59 Å². The number of aromatic nitrogens is 2. The van der Waals surface area contributed by atoms with E-state index in [1.54, 1.807) is 6.07 Å². The molecule has 3 aromatic rings. The van der Waals surface area contributed by atoms with Gasteiger partial charge in [-0.05, 0) is 72.4 Å². The Morgan fingerprint density at radius 2 is 1.76 bits per heavy atom. The van der Waals surface area contributed by atoms with Crippen LogP contribution in [0.25, 0.3) is 11.1 Å². The summed E-state index contributed by atoms with van der Waals surface area (Å²) in [5.74, 6) is -0.177. The Kier molecular flexibility index (Phi) is 5.30. The number of aromatic amines is 1. The number of carbonyl (C=O) groups excluding carboxylic acids is 1. The first kappa shape index (κ1) is 19.1. The SMILES string of the molecule is C[C@H](Cc1n[nH]c(=O)c2c1CCCC2)c1cccc(-c2cccc(C(N)=O)c2)c1. The van der Waals surface area contributed by atoms with Crippen LogP contribution in [-0.2, 0) is 19.3 Å². The van der Waals surface area contributed by atoms with Crippen LogP contribution in [0.5, 0.6) is 0 Å². The van der Waals surface area contributed by atoms with Gasteiger partial charge in [0, 0.05) is 11.1 Å². The zero-order valence-corrected chi connectivity index (χ0v) is 16.6. The van der Waals surface area contributed by atoms with Crippen LogP contribution in [0.15, 0.2) is 53.3 Å². The van der Waals surface area contributed by atoms with Crippen molar-refractivity contribution in [2.45, 2.75) is 44.9 Å². The van der Waals surface area contributed by atoms with E-state index in [4.69, 9.17) is 5.73 Å². The van der Waals surface area contributed by atoms with Crippen molar-refractivity contribution in [1.82, 2.24) is 10.2 Å². The Bertz CT molecular complexity index is 1120. The molecule has 148 valence electrons. The van der Waals surface area contributed by atoms with Crippen LogP contribution < -0.4 is 11.3 Å². The zero-order valence-electron chi connectivity index (χ0n) is 16.6. The molecule has 1 aromatic heterocycles. The van der Waals surface area contributed by atoms with Crippen molar-refractivity contribution in [1.29, 1.82) is 0 Å². The quantitative estimate of drug-likeness (QED) is 0.698. The van der Waals surface area contributed by atoms with Crippen molar-refractivity contribution < 1.29 is 4.79 Å². The molecule has 29 heavy (non-hydrogen) atoms. The van der Waals surface area contributed by atoms with Gasteiger partial charge in [0.05, 0.1) is 5.69 Å². The number of rotatable bonds is 5. The van der Waals surface area contributed by atoms with E-state index >= 15 is 0 Å². The minimum Gasteiger partial charge on any atom is -0.366 e. The predicted molar refractivity (Wildman–Crippen MR) is 114 cm³/mol. The van der Waals surface area contributed by atoms with E-state index in [2.05, 4.69) is 29.3 Å². The Morgan fingerprint density at radius 3 is 2.52 bits per heavy atom. The molecule has 1 aliphatic rings. The normalized spacial score (nSPS) is 14.2. The maximum Gasteiger partial charge on any atom is 0.267 e. The van der Waals surface area contributed by atoms with Crippen LogP contribution in [-0.4, -0.2) is 16.1 Å². The molecule has 5 nitrogen and oxygen atoms in total. The van der Waals surface area contributed by atoms with Crippen molar-refractivity contribution in [2.75, 3.05) is 0 Å². The summed E-state index contributed by atoms with van der Waals surface area (Å²) in [6, 6.07) is 15.7. The Morgan fingerprint density at radius 1 is 1.07 bits per heavy atom. The minimum atomic E-state index is -0.426. The fourth-order valence-electron chi connectivity index (χ4n) is 4.18. The fraction of sp³-hybridized carbons (Fsp3) is 0.292. The summed E-state index contributed by atoms with van der Waals surface area (Å²) in [6.07, 6.45) is 4.76. The summed E-state index contributed by atoms with van der Waals surface area (Å²) in [4.78, 5) is 23.6. The van der Waals surface area contributed by atoms with E-state index in [0.717, 1.165) is 60.1 Å². The van der Waals surface area contributed by atoms with Crippen LogP contribution >= 0.6 is 0 Å². The molecule has 1 amide bonds. The van der Waals surface area contributed by atoms with Crippen LogP contribution in [0.4, 0.5) is 0 Å². The van der Waals surface area contributed by atoms with E-state index in [1.807, 2.05) is 30.3 Å². The molecule has 0 fully saturated rings. The van der Waals surface area contributed by atoms with Crippen molar-refractivity contribution in [3.63, 3.8) is 0 Å². The average Bonchev–Trinajstić information content (AvgIpc) is 2.76. The van der Waals surface area contributed by atoms with Crippen molar-refractivity contribution in [3.05, 3.63) is 86.8 Å². The lowest BCUT2D eigenvalue weighted by molar-refractivity contribution is 0.100. The molecular weight excluding hydrogens is 362 g/mol. The van der Waals surface area contributed by atoms with Gasteiger partial charge < -0.3 is 5.73 Å². The molecule has 0 saturated carbocycles. The molecule has 1 aliphatic carbocycles. The molecular formula is C24H25N3O2. The number of amides is 1. The summed E-state index contributed by atoms with van der Waals surface area (Å²) >= 11 is 0. The maximum absolute atomic E-state index is 12.1. The number of hydrogen-bond donors (Lipinski definition) is 2. The predicted octanol–water partition coefficient (Wildman–Crippen LogP) is 3.76. The largest absolute Gasteiger partial charge is 0.366 e. The first-order chi connectivity index (χ1) is 14.0. The molecule has 0 radical (unpaired) electrons. The maximum atomic E-state index is 12.1. The summed E-state index contributed by atoms with van der Waals surface area (Å²) < 4.78 is 0. The van der Waals surface area contributed by atoms with Gasteiger partial charge in [-0.1, -0.05) is 43.3 Å². The molecule has 2 aromatic carbocycles. The number of hydrogen-bond acceptors (Lipinski definition) is 3. The lowest BCUT2D eigenvalue weighted by Gasteiger charge is -2.20. The summed E-state index contributed by atoms with van der Waals surface area (Å²) in [7, 11) is 0. The molecule has 0 spiro atoms. The molecule has 5 heteroatoms. The second-order valence-corrected chi connectivity index (χ2v) is 7.84. The second kappa shape index (κ2) is 8.03. The van der Waals surface area contributed by atoms with Gasteiger partial charge in [-0.2, -0.15) is 5.10 Å². The first-order valence-electron chi connectivity index (χ1n) is 10.1. The number of nitrogens with two attached hydrogens (primary N) is 1. The second-order valence-electron chi connectivity index (χ2n) is 7.84. The standard InChI is InChI=1S/C24H25N3O2/c1-15(12-22-20-10-2-3-11-21(20)24(29)27-26-22)16-6-4-7-17(13-16)18-8-5-9-19(14-18)23(25)28/h4-9,13-15H,2-3,10-12H2,1H3,(H2,25,28)(H,27,29)/t15-/m1/s1. The highest BCUT2D eigenvalue weighted by Gasteiger charge is 2.20. The van der Waals surface area contributed by atoms with Gasteiger partial charge in [-0.25, -0.2) is 5.10 Å². The van der Waals surface area contributed by atoms with E-state index in [0.29, 0.717) is 5.56 Å². The van der Waals surface area contributed by atoms with Gasteiger partial charge in [0.2, 0.25) is 5.91 Å². The van der Waals surface area contributed by atoms with Crippen molar-refractivity contribution >= 4 is 5.91 Å². The lowest BCUT2D eigenvalue weighted by atomic mass is 9.87. The molecule has 3 N–H and O–H groups in total. The monoisotopic (exact) mass is 387 g/mol. The number of carbonyl (C=O) groups is 1. The molecule has 1 heterocycles. The summed E-state index contributed by atoms with van der Waals surface area (Å²) in [6.45, 7) is 2.18. The van der Waals surface area contributed by atoms with Gasteiger partial charge in [0.1, 0.15) is 0 Å². The number of nitrogens with one attached hydrogen (secondary N) is 1. The van der Waals surface area contributed by atoms with Crippen LogP contribution in [0, 0.1) is 0 Å². The van der Waals surface area contributed by atoms with E-state index in [9.17, 15) is 9.59 Å². The smallest absolute Gasteiger partial charge is 0.267 e. The number of primary amides is 1. The molecule has 1 atom stereocenters. The molecule has 0 unspecified atom stereocenters. The molecule has 0 aliphatic heterocycles. The Hall–Kier alpha value is -3.21. The minimum absolute atomic E-state index is 0.0348. The average molecular weight is 387 g/mol. The van der Waals surface area contributed by atoms with Crippen molar-refractivity contribution in [2.24, 2.45) is 5.73 Å². The first-order valence-corrected chi connectivity index (χ1v) is 10.1. The number of fused-ring (bicyclic) bond motifs is 1. The van der Waals surface area contributed by atoms with Crippen LogP contribution in [0.3, 0.4) is 0 Å². The van der Waals surface area contributed by atoms with Gasteiger partial charge in [0.25, 0.3) is 5.56 Å². The van der Waals surface area contributed by atoms with E-state index < -0.39 is 5.91 Å². The van der Waals surface area contributed by atoms with Crippen LogP contribution in [0.1, 0.15) is 58.4 Å². The molecule has 0 bridgehead atoms. The topological polar surface area (TPSA) is 88.8 Å².